The molecule has 0 atom stereocenters. The Morgan fingerprint density at radius 3 is 1.95 bits per heavy atom. The van der Waals surface area contributed by atoms with Gasteiger partial charge in [0.15, 0.2) is 0 Å². The van der Waals surface area contributed by atoms with Gasteiger partial charge in [-0.25, -0.2) is 0 Å². The summed E-state index contributed by atoms with van der Waals surface area (Å²) in [5, 5.41) is 0. The minimum atomic E-state index is 0. The van der Waals surface area contributed by atoms with Gasteiger partial charge in [0.05, 0.1) is 0 Å². The van der Waals surface area contributed by atoms with Gasteiger partial charge in [-0.15, -0.1) is 0 Å². The molecule has 3 heteroatoms. The summed E-state index contributed by atoms with van der Waals surface area (Å²) < 4.78 is 2.20. The van der Waals surface area contributed by atoms with Crippen LogP contribution in [0.2, 0.25) is 0 Å². The second-order valence-corrected chi connectivity index (χ2v) is 4.53. The zero-order valence-electron chi connectivity index (χ0n) is 14.0. The molecule has 0 heterocycles. The summed E-state index contributed by atoms with van der Waals surface area (Å²) >= 11 is 1.46. The first kappa shape index (κ1) is 29.6. The van der Waals surface area contributed by atoms with Crippen molar-refractivity contribution in [3.05, 3.63) is 59.2 Å². The van der Waals surface area contributed by atoms with Crippen LogP contribution in [0.5, 0.6) is 0 Å². The summed E-state index contributed by atoms with van der Waals surface area (Å²) in [7, 11) is 0. The molecule has 0 fully saturated rings. The van der Waals surface area contributed by atoms with Crippen LogP contribution in [0.4, 0.5) is 0 Å². The Morgan fingerprint density at radius 1 is 1.10 bits per heavy atom. The van der Waals surface area contributed by atoms with Gasteiger partial charge in [-0.1, -0.05) is 27.7 Å². The molecule has 0 radical (unpaired) electrons. The van der Waals surface area contributed by atoms with E-state index in [0.717, 1.165) is 12.0 Å². The molecule has 0 aliphatic rings. The zero-order valence-corrected chi connectivity index (χ0v) is 22.8. The van der Waals surface area contributed by atoms with Crippen molar-refractivity contribution in [1.82, 2.24) is 0 Å². The summed E-state index contributed by atoms with van der Waals surface area (Å²) in [6, 6.07) is 8.48. The maximum atomic E-state index is 5.69. The van der Waals surface area contributed by atoms with Gasteiger partial charge in [-0.05, 0) is 0 Å². The molecule has 1 aromatic rings. The van der Waals surface area contributed by atoms with Gasteiger partial charge in [-0.3, -0.25) is 0 Å². The Labute approximate surface area is 171 Å². The molecule has 0 saturated heterocycles. The van der Waals surface area contributed by atoms with Crippen molar-refractivity contribution in [2.24, 2.45) is 0 Å². The fraction of sp³-hybridized carbons (Fsp3) is 0.389. The van der Waals surface area contributed by atoms with Crippen LogP contribution in [-0.4, -0.2) is 4.40 Å². The fourth-order valence-corrected chi connectivity index (χ4v) is 1.99. The van der Waals surface area contributed by atoms with E-state index >= 15 is 0 Å². The molecule has 0 aliphatic heterocycles. The summed E-state index contributed by atoms with van der Waals surface area (Å²) in [4.78, 5) is 0. The molecule has 0 aromatic heterocycles. The van der Waals surface area contributed by atoms with Crippen molar-refractivity contribution in [3.8, 4) is 0 Å². The molecule has 1 rings (SSSR count). The van der Waals surface area contributed by atoms with E-state index in [1.54, 1.807) is 0 Å². The van der Waals surface area contributed by atoms with E-state index in [2.05, 4.69) is 41.7 Å². The number of benzene rings is 1. The summed E-state index contributed by atoms with van der Waals surface area (Å²) in [5.41, 5.74) is 4.90. The van der Waals surface area contributed by atoms with Gasteiger partial charge >= 0.3 is 103 Å². The van der Waals surface area contributed by atoms with Crippen molar-refractivity contribution in [3.63, 3.8) is 0 Å². The van der Waals surface area contributed by atoms with Gasteiger partial charge < -0.3 is 0 Å². The monoisotopic (exact) mass is 795 g/mol. The van der Waals surface area contributed by atoms with E-state index in [1.165, 1.54) is 36.1 Å². The van der Waals surface area contributed by atoms with E-state index in [0.29, 0.717) is 0 Å². The molecule has 0 nitrogen and oxygen atoms in total. The molecule has 0 N–H and O–H groups in total. The van der Waals surface area contributed by atoms with Crippen molar-refractivity contribution in [2.45, 2.75) is 48.0 Å². The minimum absolute atomic E-state index is 0. The maximum absolute atomic E-state index is 5.69. The number of hydrogen-bond donors (Lipinski definition) is 0. The van der Waals surface area contributed by atoms with E-state index < -0.39 is 0 Å². The number of allylic oxidation sites excluding steroid dienone is 3. The summed E-state index contributed by atoms with van der Waals surface area (Å²) in [6.45, 7) is 17.8. The van der Waals surface area contributed by atoms with E-state index in [-0.39, 0.29) is 42.1 Å². The topological polar surface area (TPSA) is 0 Å². The minimum Gasteiger partial charge on any atom is 0 e. The predicted octanol–water partition coefficient (Wildman–Crippen LogP) is 5.24. The van der Waals surface area contributed by atoms with Crippen molar-refractivity contribution >= 4 is 4.40 Å². The van der Waals surface area contributed by atoms with E-state index in [9.17, 15) is 0 Å². The van der Waals surface area contributed by atoms with Crippen LogP contribution in [0.1, 0.15) is 45.7 Å². The number of hydrogen-bond acceptors (Lipinski definition) is 0. The zero-order chi connectivity index (χ0) is 15.3. The summed E-state index contributed by atoms with van der Waals surface area (Å²) in [5.74, 6) is 0. The molecule has 0 amide bonds. The fourth-order valence-electron chi connectivity index (χ4n) is 1.45. The Balaban J connectivity index is -0.000000221. The third-order valence-corrected chi connectivity index (χ3v) is 3.31. The van der Waals surface area contributed by atoms with Gasteiger partial charge in [0, 0.05) is 42.1 Å². The Bertz CT molecular complexity index is 407. The molecule has 0 unspecified atom stereocenters. The molecular weight excluding hydrogens is 768 g/mol. The van der Waals surface area contributed by atoms with Gasteiger partial charge in [-0.2, -0.15) is 0 Å². The van der Waals surface area contributed by atoms with Crippen LogP contribution in [0.3, 0.4) is 0 Å². The first-order chi connectivity index (χ1) is 9.13. The average Bonchev–Trinajstić information content (AvgIpc) is 2.44. The molecule has 118 valence electrons. The van der Waals surface area contributed by atoms with Gasteiger partial charge in [0.25, 0.3) is 0 Å². The Morgan fingerprint density at radius 2 is 1.57 bits per heavy atom. The SMILES string of the molecule is CC.CC.[CH-]=C(C)C=C([CH]=[W])Cc1ccccc1C.[W].[W]. The van der Waals surface area contributed by atoms with E-state index in [1.807, 2.05) is 34.6 Å². The predicted molar refractivity (Wildman–Crippen MR) is 85.2 cm³/mol. The third-order valence-electron chi connectivity index (χ3n) is 2.22. The normalized spacial score (nSPS) is 8.57. The van der Waals surface area contributed by atoms with Gasteiger partial charge in [0.1, 0.15) is 0 Å². The Hall–Kier alpha value is 0.635. The van der Waals surface area contributed by atoms with Crippen molar-refractivity contribution in [2.75, 3.05) is 0 Å². The second-order valence-electron chi connectivity index (χ2n) is 3.68. The van der Waals surface area contributed by atoms with Crippen LogP contribution in [0.25, 0.3) is 0 Å². The van der Waals surface area contributed by atoms with Crippen LogP contribution >= 0.6 is 0 Å². The second kappa shape index (κ2) is 20.6. The van der Waals surface area contributed by atoms with Crippen molar-refractivity contribution < 1.29 is 61.5 Å². The standard InChI is InChI=1S/C14H15.2C2H6.3W/c1-11(2)9-12(3)10-14-8-6-5-7-13(14)4;2*1-2;;;/h1,3,5-9H,10H2,2,4H3;2*1-2H3;;;/q-1;;;;;. The first-order valence-corrected chi connectivity index (χ1v) is 8.62. The van der Waals surface area contributed by atoms with Gasteiger partial charge in [0.2, 0.25) is 0 Å². The maximum Gasteiger partial charge on any atom is 0 e. The molecule has 0 aliphatic carbocycles. The average molecular weight is 795 g/mol. The molecule has 0 spiro atoms. The Kier molecular flexibility index (Phi) is 29.1. The van der Waals surface area contributed by atoms with Crippen LogP contribution < -0.4 is 0 Å². The number of rotatable bonds is 4. The molecule has 1 aromatic carbocycles. The molecule has 0 saturated carbocycles. The third kappa shape index (κ3) is 15.3. The smallest absolute Gasteiger partial charge is 0 e. The van der Waals surface area contributed by atoms with Crippen molar-refractivity contribution in [1.29, 1.82) is 0 Å². The van der Waals surface area contributed by atoms with E-state index in [4.69, 9.17) is 6.58 Å². The first-order valence-electron chi connectivity index (χ1n) is 6.92. The van der Waals surface area contributed by atoms with Crippen LogP contribution in [0.15, 0.2) is 41.5 Å². The van der Waals surface area contributed by atoms with Crippen LogP contribution in [0, 0.1) is 13.5 Å². The summed E-state index contributed by atoms with van der Waals surface area (Å²) in [6.07, 6.45) is 3.03. The van der Waals surface area contributed by atoms with Crippen LogP contribution in [-0.2, 0) is 67.9 Å². The molecule has 21 heavy (non-hydrogen) atoms. The molecule has 0 bridgehead atoms. The largest absolute Gasteiger partial charge is 0 e. The number of aryl methyl sites for hydroxylation is 1. The molecular formula is C18H27W3-. The quantitative estimate of drug-likeness (QED) is 0.290.